The Morgan fingerprint density at radius 2 is 1.11 bits per heavy atom. The van der Waals surface area contributed by atoms with Gasteiger partial charge in [0.1, 0.15) is 5.75 Å². The van der Waals surface area contributed by atoms with E-state index < -0.39 is 0 Å². The molecule has 4 nitrogen and oxygen atoms in total. The lowest BCUT2D eigenvalue weighted by Crippen LogP contribution is -2.15. The van der Waals surface area contributed by atoms with Crippen LogP contribution in [0.15, 0.2) is 48.5 Å². The number of unbranched alkanes of at least 4 members (excludes halogenated alkanes) is 12. The highest BCUT2D eigenvalue weighted by atomic mass is 16.5. The molecule has 0 aliphatic carbocycles. The van der Waals surface area contributed by atoms with Crippen molar-refractivity contribution in [2.75, 3.05) is 0 Å². The van der Waals surface area contributed by atoms with Gasteiger partial charge < -0.3 is 9.47 Å². The lowest BCUT2D eigenvalue weighted by molar-refractivity contribution is -0.134. The summed E-state index contributed by atoms with van der Waals surface area (Å²) in [6, 6.07) is 15.0. The fourth-order valence-electron chi connectivity index (χ4n) is 4.62. The van der Waals surface area contributed by atoms with E-state index in [4.69, 9.17) is 9.47 Å². The largest absolute Gasteiger partial charge is 0.459 e. The standard InChI is InChI=1S/C34H50O4/c1-4-6-8-10-11-12-13-14-15-17-19-33(35)38-32-26-24-30(25-27-32)29-20-22-31(23-21-29)34(36)37-28(3)18-16-9-7-5-2/h20-28H,4-19H2,1-3H3. The molecule has 1 unspecified atom stereocenters. The van der Waals surface area contributed by atoms with Crippen molar-refractivity contribution >= 4 is 11.9 Å². The lowest BCUT2D eigenvalue weighted by atomic mass is 10.0. The molecule has 0 amide bonds. The highest BCUT2D eigenvalue weighted by Crippen LogP contribution is 2.24. The molecule has 0 aliphatic heterocycles. The molecule has 0 fully saturated rings. The van der Waals surface area contributed by atoms with Crippen molar-refractivity contribution in [1.29, 1.82) is 0 Å². The fourth-order valence-corrected chi connectivity index (χ4v) is 4.62. The summed E-state index contributed by atoms with van der Waals surface area (Å²) in [7, 11) is 0. The minimum Gasteiger partial charge on any atom is -0.459 e. The predicted octanol–water partition coefficient (Wildman–Crippen LogP) is 10.1. The minimum absolute atomic E-state index is 0.0700. The van der Waals surface area contributed by atoms with Crippen LogP contribution in [-0.2, 0) is 9.53 Å². The zero-order chi connectivity index (χ0) is 27.4. The first kappa shape index (κ1) is 31.6. The molecule has 2 aromatic rings. The van der Waals surface area contributed by atoms with Crippen molar-refractivity contribution in [1.82, 2.24) is 0 Å². The third-order valence-electron chi connectivity index (χ3n) is 7.05. The van der Waals surface area contributed by atoms with Crippen LogP contribution in [-0.4, -0.2) is 18.0 Å². The molecule has 0 N–H and O–H groups in total. The van der Waals surface area contributed by atoms with Gasteiger partial charge in [-0.3, -0.25) is 4.79 Å². The average molecular weight is 523 g/mol. The molecule has 0 heterocycles. The van der Waals surface area contributed by atoms with Crippen molar-refractivity contribution in [2.45, 2.75) is 130 Å². The summed E-state index contributed by atoms with van der Waals surface area (Å²) in [6.45, 7) is 6.40. The van der Waals surface area contributed by atoms with E-state index in [9.17, 15) is 9.59 Å². The molecule has 0 spiro atoms. The second kappa shape index (κ2) is 19.4. The summed E-state index contributed by atoms with van der Waals surface area (Å²) in [5.74, 6) is 0.128. The molecule has 2 aromatic carbocycles. The average Bonchev–Trinajstić information content (AvgIpc) is 2.92. The first-order valence-electron chi connectivity index (χ1n) is 15.2. The van der Waals surface area contributed by atoms with Crippen molar-refractivity contribution in [2.24, 2.45) is 0 Å². The van der Waals surface area contributed by atoms with Gasteiger partial charge >= 0.3 is 11.9 Å². The number of hydrogen-bond donors (Lipinski definition) is 0. The highest BCUT2D eigenvalue weighted by Gasteiger charge is 2.12. The monoisotopic (exact) mass is 522 g/mol. The Hall–Kier alpha value is -2.62. The molecule has 0 aromatic heterocycles. The highest BCUT2D eigenvalue weighted by molar-refractivity contribution is 5.90. The molecule has 0 saturated carbocycles. The third kappa shape index (κ3) is 13.3. The van der Waals surface area contributed by atoms with Crippen molar-refractivity contribution < 1.29 is 19.1 Å². The normalized spacial score (nSPS) is 11.8. The van der Waals surface area contributed by atoms with Crippen LogP contribution in [0.25, 0.3) is 11.1 Å². The van der Waals surface area contributed by atoms with Gasteiger partial charge in [0.05, 0.1) is 11.7 Å². The van der Waals surface area contributed by atoms with E-state index in [1.165, 1.54) is 70.6 Å². The quantitative estimate of drug-likeness (QED) is 0.0986. The molecule has 2 rings (SSSR count). The fraction of sp³-hybridized carbons (Fsp3) is 0.588. The van der Waals surface area contributed by atoms with E-state index in [0.29, 0.717) is 17.7 Å². The maximum atomic E-state index is 12.5. The number of hydrogen-bond acceptors (Lipinski definition) is 4. The van der Waals surface area contributed by atoms with Crippen molar-refractivity contribution in [3.8, 4) is 16.9 Å². The van der Waals surface area contributed by atoms with Gasteiger partial charge in [0.2, 0.25) is 0 Å². The van der Waals surface area contributed by atoms with E-state index in [2.05, 4.69) is 13.8 Å². The number of rotatable bonds is 20. The van der Waals surface area contributed by atoms with Crippen LogP contribution in [0.1, 0.15) is 134 Å². The zero-order valence-corrected chi connectivity index (χ0v) is 24.1. The van der Waals surface area contributed by atoms with E-state index in [-0.39, 0.29) is 18.0 Å². The predicted molar refractivity (Wildman–Crippen MR) is 158 cm³/mol. The summed E-state index contributed by atoms with van der Waals surface area (Å²) >= 11 is 0. The molecular formula is C34H50O4. The molecule has 0 radical (unpaired) electrons. The van der Waals surface area contributed by atoms with Gasteiger partial charge in [0, 0.05) is 6.42 Å². The second-order valence-corrected chi connectivity index (χ2v) is 10.6. The van der Waals surface area contributed by atoms with Crippen LogP contribution in [0.3, 0.4) is 0 Å². The topological polar surface area (TPSA) is 52.6 Å². The van der Waals surface area contributed by atoms with Gasteiger partial charge in [-0.1, -0.05) is 115 Å². The molecule has 0 aliphatic rings. The first-order chi connectivity index (χ1) is 18.5. The maximum absolute atomic E-state index is 12.5. The molecule has 1 atom stereocenters. The van der Waals surface area contributed by atoms with Crippen LogP contribution in [0.5, 0.6) is 5.75 Å². The van der Waals surface area contributed by atoms with Crippen LogP contribution < -0.4 is 4.74 Å². The molecule has 210 valence electrons. The molecule has 4 heteroatoms. The van der Waals surface area contributed by atoms with Gasteiger partial charge in [-0.2, -0.15) is 0 Å². The van der Waals surface area contributed by atoms with E-state index in [0.717, 1.165) is 36.8 Å². The van der Waals surface area contributed by atoms with Gasteiger partial charge in [-0.15, -0.1) is 0 Å². The molecule has 0 saturated heterocycles. The molecule has 0 bridgehead atoms. The Morgan fingerprint density at radius 1 is 0.632 bits per heavy atom. The van der Waals surface area contributed by atoms with Crippen LogP contribution in [0.4, 0.5) is 0 Å². The zero-order valence-electron chi connectivity index (χ0n) is 24.1. The number of carbonyl (C=O) groups excluding carboxylic acids is 2. The third-order valence-corrected chi connectivity index (χ3v) is 7.05. The number of esters is 2. The Labute approximate surface area is 231 Å². The van der Waals surface area contributed by atoms with Gasteiger partial charge in [-0.05, 0) is 61.6 Å². The Morgan fingerprint density at radius 3 is 1.66 bits per heavy atom. The Balaban J connectivity index is 1.67. The summed E-state index contributed by atoms with van der Waals surface area (Å²) in [5.41, 5.74) is 2.56. The number of carbonyl (C=O) groups is 2. The SMILES string of the molecule is CCCCCCCCCCCCC(=O)Oc1ccc(-c2ccc(C(=O)OC(C)CCCCCC)cc2)cc1. The Bertz CT molecular complexity index is 901. The first-order valence-corrected chi connectivity index (χ1v) is 15.2. The number of ether oxygens (including phenoxy) is 2. The summed E-state index contributed by atoms with van der Waals surface area (Å²) in [6.07, 6.45) is 18.5. The number of benzene rings is 2. The van der Waals surface area contributed by atoms with E-state index >= 15 is 0 Å². The Kier molecular flexibility index (Phi) is 16.2. The maximum Gasteiger partial charge on any atom is 0.338 e. The second-order valence-electron chi connectivity index (χ2n) is 10.6. The van der Waals surface area contributed by atoms with Gasteiger partial charge in [0.15, 0.2) is 0 Å². The van der Waals surface area contributed by atoms with Crippen LogP contribution >= 0.6 is 0 Å². The van der Waals surface area contributed by atoms with E-state index in [1.54, 1.807) is 0 Å². The summed E-state index contributed by atoms with van der Waals surface area (Å²) in [4.78, 5) is 24.7. The van der Waals surface area contributed by atoms with Crippen molar-refractivity contribution in [3.05, 3.63) is 54.1 Å². The van der Waals surface area contributed by atoms with Crippen LogP contribution in [0.2, 0.25) is 0 Å². The van der Waals surface area contributed by atoms with Gasteiger partial charge in [0.25, 0.3) is 0 Å². The lowest BCUT2D eigenvalue weighted by Gasteiger charge is -2.13. The van der Waals surface area contributed by atoms with Gasteiger partial charge in [-0.25, -0.2) is 4.79 Å². The molecular weight excluding hydrogens is 472 g/mol. The summed E-state index contributed by atoms with van der Waals surface area (Å²) in [5, 5.41) is 0. The molecule has 38 heavy (non-hydrogen) atoms. The summed E-state index contributed by atoms with van der Waals surface area (Å²) < 4.78 is 11.1. The van der Waals surface area contributed by atoms with E-state index in [1.807, 2.05) is 55.5 Å². The van der Waals surface area contributed by atoms with Crippen LogP contribution in [0, 0.1) is 0 Å². The van der Waals surface area contributed by atoms with Crippen molar-refractivity contribution in [3.63, 3.8) is 0 Å². The smallest absolute Gasteiger partial charge is 0.338 e. The minimum atomic E-state index is -0.274.